The molecule has 0 radical (unpaired) electrons. The molecular weight excluding hydrogens is 221 g/mol. The number of amides is 1. The normalized spacial score (nSPS) is 10.3. The fraction of sp³-hybridized carbons (Fsp3) is 0.300. The zero-order valence-corrected chi connectivity index (χ0v) is 9.27. The SMILES string of the molecule is CCc1ccc(NC(=O)C(Cl)Cl)cc1. The van der Waals surface area contributed by atoms with E-state index in [1.165, 1.54) is 5.56 Å². The molecule has 0 aliphatic carbocycles. The van der Waals surface area contributed by atoms with Gasteiger partial charge >= 0.3 is 0 Å². The van der Waals surface area contributed by atoms with Crippen LogP contribution in [0.15, 0.2) is 24.3 Å². The maximum Gasteiger partial charge on any atom is 0.257 e. The predicted molar refractivity (Wildman–Crippen MR) is 59.9 cm³/mol. The first-order valence-electron chi connectivity index (χ1n) is 4.31. The topological polar surface area (TPSA) is 29.1 Å². The van der Waals surface area contributed by atoms with Crippen LogP contribution in [0.5, 0.6) is 0 Å². The number of carbonyl (C=O) groups excluding carboxylic acids is 1. The summed E-state index contributed by atoms with van der Waals surface area (Å²) < 4.78 is 0. The molecule has 0 spiro atoms. The lowest BCUT2D eigenvalue weighted by molar-refractivity contribution is -0.114. The van der Waals surface area contributed by atoms with Crippen molar-refractivity contribution < 1.29 is 4.79 Å². The molecule has 2 nitrogen and oxygen atoms in total. The van der Waals surface area contributed by atoms with Gasteiger partial charge in [-0.3, -0.25) is 4.79 Å². The quantitative estimate of drug-likeness (QED) is 0.797. The van der Waals surface area contributed by atoms with Gasteiger partial charge in [-0.2, -0.15) is 0 Å². The lowest BCUT2D eigenvalue weighted by Crippen LogP contribution is -2.18. The lowest BCUT2D eigenvalue weighted by atomic mass is 10.1. The minimum absolute atomic E-state index is 0.405. The highest BCUT2D eigenvalue weighted by molar-refractivity contribution is 6.54. The van der Waals surface area contributed by atoms with Crippen molar-refractivity contribution in [3.63, 3.8) is 0 Å². The van der Waals surface area contributed by atoms with Crippen LogP contribution < -0.4 is 5.32 Å². The number of halogens is 2. The second-order valence-electron chi connectivity index (χ2n) is 2.84. The van der Waals surface area contributed by atoms with Crippen LogP contribution in [-0.4, -0.2) is 10.7 Å². The van der Waals surface area contributed by atoms with Gasteiger partial charge in [-0.05, 0) is 24.1 Å². The zero-order valence-electron chi connectivity index (χ0n) is 7.76. The smallest absolute Gasteiger partial charge is 0.257 e. The Kier molecular flexibility index (Phi) is 4.23. The summed E-state index contributed by atoms with van der Waals surface area (Å²) in [6.07, 6.45) is 0.974. The Bertz CT molecular complexity index is 308. The van der Waals surface area contributed by atoms with Crippen molar-refractivity contribution in [3.05, 3.63) is 29.8 Å². The monoisotopic (exact) mass is 231 g/mol. The number of hydrogen-bond acceptors (Lipinski definition) is 1. The molecule has 0 aliphatic heterocycles. The van der Waals surface area contributed by atoms with Crippen molar-refractivity contribution >= 4 is 34.8 Å². The molecule has 0 saturated heterocycles. The molecule has 1 N–H and O–H groups in total. The van der Waals surface area contributed by atoms with Crippen molar-refractivity contribution in [2.24, 2.45) is 0 Å². The molecule has 76 valence electrons. The zero-order chi connectivity index (χ0) is 10.6. The largest absolute Gasteiger partial charge is 0.324 e. The fourth-order valence-electron chi connectivity index (χ4n) is 1.02. The third-order valence-corrected chi connectivity index (χ3v) is 2.22. The average Bonchev–Trinajstić information content (AvgIpc) is 2.19. The third-order valence-electron chi connectivity index (χ3n) is 1.83. The van der Waals surface area contributed by atoms with Crippen LogP contribution in [0.25, 0.3) is 0 Å². The molecule has 1 amide bonds. The molecule has 0 heterocycles. The molecule has 1 aromatic rings. The van der Waals surface area contributed by atoms with E-state index in [9.17, 15) is 4.79 Å². The highest BCUT2D eigenvalue weighted by atomic mass is 35.5. The van der Waals surface area contributed by atoms with Crippen molar-refractivity contribution in [1.82, 2.24) is 0 Å². The highest BCUT2D eigenvalue weighted by Gasteiger charge is 2.10. The second kappa shape index (κ2) is 5.23. The van der Waals surface area contributed by atoms with Gasteiger partial charge in [0.15, 0.2) is 4.84 Å². The molecule has 1 rings (SSSR count). The Morgan fingerprint density at radius 1 is 1.36 bits per heavy atom. The van der Waals surface area contributed by atoms with E-state index >= 15 is 0 Å². The molecule has 1 aromatic carbocycles. The van der Waals surface area contributed by atoms with E-state index in [1.54, 1.807) is 0 Å². The predicted octanol–water partition coefficient (Wildman–Crippen LogP) is 2.99. The van der Waals surface area contributed by atoms with E-state index in [0.29, 0.717) is 5.69 Å². The molecule has 14 heavy (non-hydrogen) atoms. The minimum Gasteiger partial charge on any atom is -0.324 e. The number of nitrogens with one attached hydrogen (secondary N) is 1. The Labute approximate surface area is 93.2 Å². The fourth-order valence-corrected chi connectivity index (χ4v) is 1.13. The van der Waals surface area contributed by atoms with Crippen LogP contribution in [0.4, 0.5) is 5.69 Å². The van der Waals surface area contributed by atoms with E-state index in [0.717, 1.165) is 6.42 Å². The van der Waals surface area contributed by atoms with Crippen LogP contribution in [0.2, 0.25) is 0 Å². The summed E-state index contributed by atoms with van der Waals surface area (Å²) in [7, 11) is 0. The van der Waals surface area contributed by atoms with E-state index in [1.807, 2.05) is 24.3 Å². The summed E-state index contributed by atoms with van der Waals surface area (Å²) in [5, 5.41) is 2.59. The number of hydrogen-bond donors (Lipinski definition) is 1. The van der Waals surface area contributed by atoms with Gasteiger partial charge in [0, 0.05) is 5.69 Å². The Balaban J connectivity index is 2.64. The molecule has 0 fully saturated rings. The summed E-state index contributed by atoms with van der Waals surface area (Å²) in [5.41, 5.74) is 1.93. The van der Waals surface area contributed by atoms with Crippen molar-refractivity contribution in [2.75, 3.05) is 5.32 Å². The highest BCUT2D eigenvalue weighted by Crippen LogP contribution is 2.12. The minimum atomic E-state index is -1.03. The summed E-state index contributed by atoms with van der Waals surface area (Å²) in [6.45, 7) is 2.07. The molecule has 0 bridgehead atoms. The van der Waals surface area contributed by atoms with Crippen LogP contribution >= 0.6 is 23.2 Å². The molecule has 0 unspecified atom stereocenters. The van der Waals surface area contributed by atoms with Crippen molar-refractivity contribution in [3.8, 4) is 0 Å². The maximum absolute atomic E-state index is 11.1. The van der Waals surface area contributed by atoms with Crippen molar-refractivity contribution in [2.45, 2.75) is 18.2 Å². The van der Waals surface area contributed by atoms with E-state index in [4.69, 9.17) is 23.2 Å². The van der Waals surface area contributed by atoms with Crippen LogP contribution in [0.3, 0.4) is 0 Å². The summed E-state index contributed by atoms with van der Waals surface area (Å²) in [5.74, 6) is -0.405. The van der Waals surface area contributed by atoms with E-state index in [-0.39, 0.29) is 0 Å². The number of rotatable bonds is 3. The molecule has 0 aliphatic rings. The molecule has 0 saturated carbocycles. The summed E-state index contributed by atoms with van der Waals surface area (Å²) >= 11 is 10.8. The van der Waals surface area contributed by atoms with Gasteiger partial charge in [0.1, 0.15) is 0 Å². The molecule has 4 heteroatoms. The summed E-state index contributed by atoms with van der Waals surface area (Å²) in [6, 6.07) is 7.56. The Morgan fingerprint density at radius 2 is 1.93 bits per heavy atom. The van der Waals surface area contributed by atoms with Crippen LogP contribution in [0, 0.1) is 0 Å². The van der Waals surface area contributed by atoms with Crippen LogP contribution in [0.1, 0.15) is 12.5 Å². The van der Waals surface area contributed by atoms with Crippen LogP contribution in [-0.2, 0) is 11.2 Å². The number of aryl methyl sites for hydroxylation is 1. The van der Waals surface area contributed by atoms with Gasteiger partial charge in [0.05, 0.1) is 0 Å². The lowest BCUT2D eigenvalue weighted by Gasteiger charge is -2.05. The molecular formula is C10H11Cl2NO. The number of anilines is 1. The van der Waals surface area contributed by atoms with E-state index in [2.05, 4.69) is 12.2 Å². The van der Waals surface area contributed by atoms with Gasteiger partial charge < -0.3 is 5.32 Å². The first kappa shape index (κ1) is 11.3. The molecule has 0 atom stereocenters. The molecule has 0 aromatic heterocycles. The Morgan fingerprint density at radius 3 is 2.36 bits per heavy atom. The number of alkyl halides is 2. The average molecular weight is 232 g/mol. The van der Waals surface area contributed by atoms with Crippen molar-refractivity contribution in [1.29, 1.82) is 0 Å². The van der Waals surface area contributed by atoms with Gasteiger partial charge in [0.2, 0.25) is 0 Å². The summed E-state index contributed by atoms with van der Waals surface area (Å²) in [4.78, 5) is 10.1. The number of carbonyl (C=O) groups is 1. The first-order chi connectivity index (χ1) is 6.63. The third kappa shape index (κ3) is 3.20. The maximum atomic E-state index is 11.1. The van der Waals surface area contributed by atoms with Gasteiger partial charge in [-0.15, -0.1) is 0 Å². The van der Waals surface area contributed by atoms with Gasteiger partial charge in [-0.25, -0.2) is 0 Å². The first-order valence-corrected chi connectivity index (χ1v) is 5.18. The van der Waals surface area contributed by atoms with E-state index < -0.39 is 10.7 Å². The van der Waals surface area contributed by atoms with Gasteiger partial charge in [-0.1, -0.05) is 42.3 Å². The standard InChI is InChI=1S/C10H11Cl2NO/c1-2-7-3-5-8(6-4-7)13-10(14)9(11)12/h3-6,9H,2H2,1H3,(H,13,14). The van der Waals surface area contributed by atoms with Gasteiger partial charge in [0.25, 0.3) is 5.91 Å². The number of benzene rings is 1. The Hall–Kier alpha value is -0.730. The second-order valence-corrected chi connectivity index (χ2v) is 3.94.